The molecule has 2 rings (SSSR count). The Morgan fingerprint density at radius 2 is 2.38 bits per heavy atom. The molecule has 0 aliphatic carbocycles. The Bertz CT molecular complexity index is 422. The van der Waals surface area contributed by atoms with Gasteiger partial charge < -0.3 is 5.11 Å². The van der Waals surface area contributed by atoms with Gasteiger partial charge in [0.1, 0.15) is 17.1 Å². The molecule has 0 aromatic carbocycles. The second kappa shape index (κ2) is 2.94. The molecule has 2 aromatic rings. The maximum absolute atomic E-state index is 10.5. The molecular weight excluding hydrogens is 192 g/mol. The van der Waals surface area contributed by atoms with E-state index in [0.29, 0.717) is 11.4 Å². The van der Waals surface area contributed by atoms with Gasteiger partial charge in [-0.15, -0.1) is 5.10 Å². The first-order chi connectivity index (χ1) is 6.27. The molecule has 0 saturated carbocycles. The third-order valence-corrected chi connectivity index (χ3v) is 1.94. The molecule has 2 heterocycles. The fourth-order valence-electron chi connectivity index (χ4n) is 0.839. The molecule has 0 atom stereocenters. The lowest BCUT2D eigenvalue weighted by Crippen LogP contribution is -1.95. The molecule has 2 N–H and O–H groups in total. The van der Waals surface area contributed by atoms with E-state index in [1.54, 1.807) is 5.38 Å². The number of carboxylic acids is 1. The highest BCUT2D eigenvalue weighted by atomic mass is 32.1. The van der Waals surface area contributed by atoms with Crippen molar-refractivity contribution in [2.45, 2.75) is 0 Å². The predicted octanol–water partition coefficient (Wildman–Crippen LogP) is 0.626. The molecule has 66 valence electrons. The third kappa shape index (κ3) is 1.41. The third-order valence-electron chi connectivity index (χ3n) is 1.43. The Labute approximate surface area is 76.4 Å². The molecule has 7 heteroatoms. The molecule has 0 radical (unpaired) electrons. The molecule has 0 saturated heterocycles. The summed E-state index contributed by atoms with van der Waals surface area (Å²) in [5.41, 5.74) is 1.11. The van der Waals surface area contributed by atoms with Crippen LogP contribution in [0.1, 0.15) is 10.5 Å². The van der Waals surface area contributed by atoms with Crippen molar-refractivity contribution >= 4 is 17.5 Å². The first-order valence-electron chi connectivity index (χ1n) is 3.33. The highest BCUT2D eigenvalue weighted by Crippen LogP contribution is 2.15. The minimum Gasteiger partial charge on any atom is -0.477 e. The van der Waals surface area contributed by atoms with Gasteiger partial charge in [0, 0.05) is 11.4 Å². The van der Waals surface area contributed by atoms with Gasteiger partial charge in [-0.1, -0.05) is 4.49 Å². The van der Waals surface area contributed by atoms with Crippen LogP contribution in [0.5, 0.6) is 0 Å². The van der Waals surface area contributed by atoms with Crippen LogP contribution < -0.4 is 0 Å². The number of nitrogens with one attached hydrogen (secondary N) is 1. The minimum atomic E-state index is -1.04. The van der Waals surface area contributed by atoms with E-state index in [9.17, 15) is 4.79 Å². The van der Waals surface area contributed by atoms with Gasteiger partial charge in [0.2, 0.25) is 0 Å². The van der Waals surface area contributed by atoms with E-state index >= 15 is 0 Å². The minimum absolute atomic E-state index is 0.0444. The standard InChI is InChI=1S/C6H4N4O2S/c11-6(12)4-1-3(7-8-4)5-2-13-10-9-5/h1-2H,(H,7,8)(H,11,12). The van der Waals surface area contributed by atoms with Crippen molar-refractivity contribution in [2.75, 3.05) is 0 Å². The monoisotopic (exact) mass is 196 g/mol. The van der Waals surface area contributed by atoms with Gasteiger partial charge in [0.05, 0.1) is 0 Å². The van der Waals surface area contributed by atoms with Gasteiger partial charge in [-0.3, -0.25) is 5.10 Å². The summed E-state index contributed by atoms with van der Waals surface area (Å²) in [6, 6.07) is 1.42. The molecule has 0 aliphatic rings. The van der Waals surface area contributed by atoms with Crippen LogP contribution in [-0.4, -0.2) is 30.9 Å². The largest absolute Gasteiger partial charge is 0.477 e. The summed E-state index contributed by atoms with van der Waals surface area (Å²) in [5.74, 6) is -1.04. The summed E-state index contributed by atoms with van der Waals surface area (Å²) < 4.78 is 3.64. The molecule has 6 nitrogen and oxygen atoms in total. The summed E-state index contributed by atoms with van der Waals surface area (Å²) in [4.78, 5) is 10.5. The van der Waals surface area contributed by atoms with Gasteiger partial charge in [0.25, 0.3) is 0 Å². The second-order valence-electron chi connectivity index (χ2n) is 2.26. The number of aromatic nitrogens is 4. The number of nitrogens with zero attached hydrogens (tertiary/aromatic N) is 3. The number of rotatable bonds is 2. The van der Waals surface area contributed by atoms with Gasteiger partial charge >= 0.3 is 5.97 Å². The van der Waals surface area contributed by atoms with Crippen molar-refractivity contribution in [3.63, 3.8) is 0 Å². The number of hydrogen-bond acceptors (Lipinski definition) is 5. The Hall–Kier alpha value is -1.76. The van der Waals surface area contributed by atoms with Crippen LogP contribution >= 0.6 is 11.5 Å². The lowest BCUT2D eigenvalue weighted by Gasteiger charge is -1.81. The van der Waals surface area contributed by atoms with Crippen molar-refractivity contribution in [3.05, 3.63) is 17.1 Å². The van der Waals surface area contributed by atoms with E-state index < -0.39 is 5.97 Å². The molecule has 0 fully saturated rings. The Kier molecular flexibility index (Phi) is 1.78. The molecule has 0 unspecified atom stereocenters. The predicted molar refractivity (Wildman–Crippen MR) is 44.4 cm³/mol. The number of H-pyrrole nitrogens is 1. The topological polar surface area (TPSA) is 91.8 Å². The maximum atomic E-state index is 10.5. The van der Waals surface area contributed by atoms with Crippen molar-refractivity contribution in [1.82, 2.24) is 19.8 Å². The van der Waals surface area contributed by atoms with Crippen molar-refractivity contribution in [3.8, 4) is 11.4 Å². The number of aromatic amines is 1. The zero-order valence-corrected chi connectivity index (χ0v) is 7.08. The number of carbonyl (C=O) groups is 1. The smallest absolute Gasteiger partial charge is 0.353 e. The molecule has 0 bridgehead atoms. The molecule has 0 amide bonds. The van der Waals surface area contributed by atoms with Crippen molar-refractivity contribution in [2.24, 2.45) is 0 Å². The molecule has 13 heavy (non-hydrogen) atoms. The maximum Gasteiger partial charge on any atom is 0.353 e. The SMILES string of the molecule is O=C(O)c1cc(-c2csnn2)n[nH]1. The summed E-state index contributed by atoms with van der Waals surface area (Å²) in [5, 5.41) is 20.2. The highest BCUT2D eigenvalue weighted by molar-refractivity contribution is 7.03. The second-order valence-corrected chi connectivity index (χ2v) is 2.87. The van der Waals surface area contributed by atoms with Crippen LogP contribution in [0.3, 0.4) is 0 Å². The normalized spacial score (nSPS) is 10.2. The van der Waals surface area contributed by atoms with Crippen LogP contribution in [0.25, 0.3) is 11.4 Å². The Morgan fingerprint density at radius 1 is 1.54 bits per heavy atom. The highest BCUT2D eigenvalue weighted by Gasteiger charge is 2.10. The van der Waals surface area contributed by atoms with E-state index in [-0.39, 0.29) is 5.69 Å². The quantitative estimate of drug-likeness (QED) is 0.734. The lowest BCUT2D eigenvalue weighted by molar-refractivity contribution is 0.0690. The molecule has 2 aromatic heterocycles. The summed E-state index contributed by atoms with van der Waals surface area (Å²) in [7, 11) is 0. The van der Waals surface area contributed by atoms with E-state index in [1.165, 1.54) is 17.6 Å². The molecule has 0 spiro atoms. The van der Waals surface area contributed by atoms with E-state index in [1.807, 2.05) is 0 Å². The van der Waals surface area contributed by atoms with Crippen LogP contribution in [-0.2, 0) is 0 Å². The van der Waals surface area contributed by atoms with E-state index in [0.717, 1.165) is 0 Å². The number of hydrogen-bond donors (Lipinski definition) is 2. The lowest BCUT2D eigenvalue weighted by atomic mass is 10.3. The fourth-order valence-corrected chi connectivity index (χ4v) is 1.29. The number of aromatic carboxylic acids is 1. The van der Waals surface area contributed by atoms with Crippen LogP contribution in [0.2, 0.25) is 0 Å². The first kappa shape index (κ1) is 7.87. The zero-order chi connectivity index (χ0) is 9.26. The summed E-state index contributed by atoms with van der Waals surface area (Å²) in [6.07, 6.45) is 0. The van der Waals surface area contributed by atoms with E-state index in [4.69, 9.17) is 5.11 Å². The van der Waals surface area contributed by atoms with Gasteiger partial charge in [-0.05, 0) is 11.5 Å². The average Bonchev–Trinajstić information content (AvgIpc) is 2.75. The zero-order valence-electron chi connectivity index (χ0n) is 6.26. The average molecular weight is 196 g/mol. The summed E-state index contributed by atoms with van der Waals surface area (Å²) >= 11 is 1.19. The van der Waals surface area contributed by atoms with Crippen LogP contribution in [0.4, 0.5) is 0 Å². The van der Waals surface area contributed by atoms with Crippen LogP contribution in [0, 0.1) is 0 Å². The van der Waals surface area contributed by atoms with Gasteiger partial charge in [-0.2, -0.15) is 5.10 Å². The fraction of sp³-hybridized carbons (Fsp3) is 0. The van der Waals surface area contributed by atoms with Gasteiger partial charge in [0.15, 0.2) is 0 Å². The first-order valence-corrected chi connectivity index (χ1v) is 4.17. The van der Waals surface area contributed by atoms with Crippen molar-refractivity contribution < 1.29 is 9.90 Å². The van der Waals surface area contributed by atoms with E-state index in [2.05, 4.69) is 19.8 Å². The van der Waals surface area contributed by atoms with Crippen molar-refractivity contribution in [1.29, 1.82) is 0 Å². The Balaban J connectivity index is 2.39. The number of carboxylic acid groups (broad SMARTS) is 1. The van der Waals surface area contributed by atoms with Crippen LogP contribution in [0.15, 0.2) is 11.4 Å². The molecule has 0 aliphatic heterocycles. The molecular formula is C6H4N4O2S. The summed E-state index contributed by atoms with van der Waals surface area (Å²) in [6.45, 7) is 0. The van der Waals surface area contributed by atoms with Gasteiger partial charge in [-0.25, -0.2) is 4.79 Å². The Morgan fingerprint density at radius 3 is 2.92 bits per heavy atom.